The highest BCUT2D eigenvalue weighted by molar-refractivity contribution is 7.23. The van der Waals surface area contributed by atoms with E-state index in [1.54, 1.807) is 31.9 Å². The molecule has 1 amide bonds. The van der Waals surface area contributed by atoms with Gasteiger partial charge in [-0.1, -0.05) is 0 Å². The van der Waals surface area contributed by atoms with E-state index in [2.05, 4.69) is 15.5 Å². The van der Waals surface area contributed by atoms with E-state index in [1.807, 2.05) is 32.4 Å². The van der Waals surface area contributed by atoms with Crippen molar-refractivity contribution in [1.82, 2.24) is 14.8 Å². The smallest absolute Gasteiger partial charge is 0.259 e. The number of nitrogens with one attached hydrogen (secondary N) is 2. The zero-order chi connectivity index (χ0) is 24.4. The van der Waals surface area contributed by atoms with Crippen LogP contribution in [-0.2, 0) is 18.4 Å². The number of piperidine rings is 1. The number of benzene rings is 1. The first kappa shape index (κ1) is 24.3. The van der Waals surface area contributed by atoms with Crippen molar-refractivity contribution in [2.45, 2.75) is 19.4 Å². The second kappa shape index (κ2) is 10.2. The van der Waals surface area contributed by atoms with Gasteiger partial charge in [0, 0.05) is 31.9 Å². The molecular formula is C25H32N4O4S. The number of ether oxygens (including phenoxy) is 2. The first-order valence-electron chi connectivity index (χ1n) is 11.4. The van der Waals surface area contributed by atoms with Gasteiger partial charge in [-0.05, 0) is 57.2 Å². The van der Waals surface area contributed by atoms with E-state index < -0.39 is 0 Å². The van der Waals surface area contributed by atoms with Gasteiger partial charge in [0.2, 0.25) is 5.91 Å². The van der Waals surface area contributed by atoms with Crippen LogP contribution >= 0.6 is 11.3 Å². The molecule has 0 bridgehead atoms. The van der Waals surface area contributed by atoms with Crippen molar-refractivity contribution in [2.24, 2.45) is 13.0 Å². The lowest BCUT2D eigenvalue weighted by atomic mass is 9.99. The second-order valence-corrected chi connectivity index (χ2v) is 9.99. The fraction of sp³-hybridized carbons (Fsp3) is 0.440. The van der Waals surface area contributed by atoms with Crippen molar-refractivity contribution in [1.29, 1.82) is 0 Å². The third-order valence-electron chi connectivity index (χ3n) is 6.16. The van der Waals surface area contributed by atoms with Crippen LogP contribution in [0.3, 0.4) is 0 Å². The van der Waals surface area contributed by atoms with Crippen LogP contribution in [0, 0.1) is 5.92 Å². The van der Waals surface area contributed by atoms with Crippen LogP contribution in [0.25, 0.3) is 21.2 Å². The average molecular weight is 485 g/mol. The third-order valence-corrected chi connectivity index (χ3v) is 7.24. The molecule has 1 saturated heterocycles. The zero-order valence-corrected chi connectivity index (χ0v) is 21.2. The number of methoxy groups -OCH3 is 2. The van der Waals surface area contributed by atoms with Gasteiger partial charge in [0.05, 0.1) is 40.8 Å². The third kappa shape index (κ3) is 4.82. The van der Waals surface area contributed by atoms with E-state index in [-0.39, 0.29) is 17.4 Å². The van der Waals surface area contributed by atoms with E-state index in [9.17, 15) is 9.59 Å². The Balaban J connectivity index is 1.79. The molecule has 1 atom stereocenters. The molecule has 8 nitrogen and oxygen atoms in total. The summed E-state index contributed by atoms with van der Waals surface area (Å²) in [6, 6.07) is 5.74. The summed E-state index contributed by atoms with van der Waals surface area (Å²) in [5, 5.41) is 7.57. The standard InChI is InChI=1S/C25H32N4O4S/c1-28(2)13-19-20(32-4)9-16(10-21(19)33-5)18-14-29(3)25(31)17-11-22(34-23(17)18)27-24(30)15-7-6-8-26-12-15/h9-11,14-15,26H,6-8,12-13H2,1-5H3,(H,27,30). The van der Waals surface area contributed by atoms with Crippen molar-refractivity contribution in [2.75, 3.05) is 46.7 Å². The highest BCUT2D eigenvalue weighted by atomic mass is 32.1. The SMILES string of the molecule is COc1cc(-c2cn(C)c(=O)c3cc(NC(=O)C4CCCNC4)sc23)cc(OC)c1CN(C)C. The van der Waals surface area contributed by atoms with E-state index in [1.165, 1.54) is 11.3 Å². The topological polar surface area (TPSA) is 84.8 Å². The predicted octanol–water partition coefficient (Wildman–Crippen LogP) is 3.28. The van der Waals surface area contributed by atoms with Crippen LogP contribution in [-0.4, -0.2) is 56.8 Å². The highest BCUT2D eigenvalue weighted by Crippen LogP contribution is 2.40. The summed E-state index contributed by atoms with van der Waals surface area (Å²) in [5.74, 6) is 1.38. The van der Waals surface area contributed by atoms with Crippen molar-refractivity contribution in [3.63, 3.8) is 0 Å². The van der Waals surface area contributed by atoms with Gasteiger partial charge in [0.1, 0.15) is 11.5 Å². The first-order valence-corrected chi connectivity index (χ1v) is 12.2. The summed E-state index contributed by atoms with van der Waals surface area (Å²) in [4.78, 5) is 27.8. The minimum Gasteiger partial charge on any atom is -0.496 e. The molecule has 1 aromatic carbocycles. The number of rotatable bonds is 7. The fourth-order valence-electron chi connectivity index (χ4n) is 4.43. The number of carbonyl (C=O) groups excluding carboxylic acids is 1. The molecular weight excluding hydrogens is 452 g/mol. The van der Waals surface area contributed by atoms with Gasteiger partial charge in [0.15, 0.2) is 0 Å². The lowest BCUT2D eigenvalue weighted by Gasteiger charge is -2.21. The maximum absolute atomic E-state index is 12.9. The number of aromatic nitrogens is 1. The molecule has 182 valence electrons. The van der Waals surface area contributed by atoms with Gasteiger partial charge < -0.3 is 29.6 Å². The Morgan fingerprint density at radius 2 is 1.94 bits per heavy atom. The van der Waals surface area contributed by atoms with Gasteiger partial charge in [-0.25, -0.2) is 0 Å². The van der Waals surface area contributed by atoms with Crippen molar-refractivity contribution in [3.05, 3.63) is 40.3 Å². The fourth-order valence-corrected chi connectivity index (χ4v) is 5.51. The number of hydrogen-bond donors (Lipinski definition) is 2. The van der Waals surface area contributed by atoms with Crippen LogP contribution in [0.15, 0.2) is 29.2 Å². The van der Waals surface area contributed by atoms with Gasteiger partial charge >= 0.3 is 0 Å². The van der Waals surface area contributed by atoms with Crippen LogP contribution < -0.4 is 25.7 Å². The van der Waals surface area contributed by atoms with Crippen molar-refractivity contribution < 1.29 is 14.3 Å². The molecule has 0 spiro atoms. The Labute approximate surface area is 203 Å². The first-order chi connectivity index (χ1) is 16.3. The summed E-state index contributed by atoms with van der Waals surface area (Å²) in [6.07, 6.45) is 3.69. The number of pyridine rings is 1. The number of amides is 1. The van der Waals surface area contributed by atoms with Gasteiger partial charge in [-0.2, -0.15) is 0 Å². The Morgan fingerprint density at radius 3 is 2.53 bits per heavy atom. The Hall–Kier alpha value is -2.88. The molecule has 0 aliphatic carbocycles. The summed E-state index contributed by atoms with van der Waals surface area (Å²) in [7, 11) is 9.02. The zero-order valence-electron chi connectivity index (χ0n) is 20.4. The molecule has 1 aliphatic heterocycles. The van der Waals surface area contributed by atoms with E-state index in [0.29, 0.717) is 23.5 Å². The molecule has 1 aliphatic rings. The Morgan fingerprint density at radius 1 is 1.24 bits per heavy atom. The Bertz CT molecular complexity index is 1230. The second-order valence-electron chi connectivity index (χ2n) is 8.94. The van der Waals surface area contributed by atoms with Gasteiger partial charge in [-0.15, -0.1) is 11.3 Å². The number of carbonyl (C=O) groups is 1. The molecule has 4 rings (SSSR count). The molecule has 1 fully saturated rings. The summed E-state index contributed by atoms with van der Waals surface area (Å²) in [6.45, 7) is 2.30. The summed E-state index contributed by atoms with van der Waals surface area (Å²) >= 11 is 1.42. The van der Waals surface area contributed by atoms with Crippen LogP contribution in [0.1, 0.15) is 18.4 Å². The maximum atomic E-state index is 12.9. The molecule has 0 saturated carbocycles. The highest BCUT2D eigenvalue weighted by Gasteiger charge is 2.23. The molecule has 3 heterocycles. The Kier molecular flexibility index (Phi) is 7.25. The quantitative estimate of drug-likeness (QED) is 0.535. The largest absolute Gasteiger partial charge is 0.496 e. The molecule has 34 heavy (non-hydrogen) atoms. The van der Waals surface area contributed by atoms with E-state index in [4.69, 9.17) is 9.47 Å². The molecule has 9 heteroatoms. The van der Waals surface area contributed by atoms with E-state index in [0.717, 1.165) is 52.3 Å². The van der Waals surface area contributed by atoms with Crippen LogP contribution in [0.5, 0.6) is 11.5 Å². The number of hydrogen-bond acceptors (Lipinski definition) is 7. The lowest BCUT2D eigenvalue weighted by molar-refractivity contribution is -0.120. The van der Waals surface area contributed by atoms with Crippen molar-refractivity contribution >= 4 is 32.3 Å². The van der Waals surface area contributed by atoms with Crippen molar-refractivity contribution in [3.8, 4) is 22.6 Å². The minimum atomic E-state index is -0.0991. The number of aryl methyl sites for hydroxylation is 1. The molecule has 0 radical (unpaired) electrons. The molecule has 2 N–H and O–H groups in total. The number of anilines is 1. The number of nitrogens with zero attached hydrogens (tertiary/aromatic N) is 2. The molecule has 3 aromatic rings. The number of thiophene rings is 1. The minimum absolute atomic E-state index is 0.00601. The lowest BCUT2D eigenvalue weighted by Crippen LogP contribution is -2.37. The van der Waals surface area contributed by atoms with Crippen LogP contribution in [0.4, 0.5) is 5.00 Å². The predicted molar refractivity (Wildman–Crippen MR) is 137 cm³/mol. The summed E-state index contributed by atoms with van der Waals surface area (Å²) < 4.78 is 13.8. The molecule has 1 unspecified atom stereocenters. The van der Waals surface area contributed by atoms with Gasteiger partial charge in [0.25, 0.3) is 5.56 Å². The molecule has 2 aromatic heterocycles. The normalized spacial score (nSPS) is 16.1. The summed E-state index contributed by atoms with van der Waals surface area (Å²) in [5.41, 5.74) is 2.63. The monoisotopic (exact) mass is 484 g/mol. The van der Waals surface area contributed by atoms with E-state index >= 15 is 0 Å². The van der Waals surface area contributed by atoms with Crippen LogP contribution in [0.2, 0.25) is 0 Å². The van der Waals surface area contributed by atoms with Gasteiger partial charge in [-0.3, -0.25) is 9.59 Å². The number of fused-ring (bicyclic) bond motifs is 1. The average Bonchev–Trinajstić information content (AvgIpc) is 3.25. The maximum Gasteiger partial charge on any atom is 0.259 e.